The molecule has 0 spiro atoms. The van der Waals surface area contributed by atoms with Gasteiger partial charge in [0, 0.05) is 15.1 Å². The fourth-order valence-electron chi connectivity index (χ4n) is 1.32. The second-order valence-corrected chi connectivity index (χ2v) is 6.04. The number of carbonyl (C=O) groups excluding carboxylic acids is 2. The second-order valence-electron chi connectivity index (χ2n) is 3.85. The number of halogens is 1. The van der Waals surface area contributed by atoms with Gasteiger partial charge in [-0.3, -0.25) is 4.79 Å². The van der Waals surface area contributed by atoms with Gasteiger partial charge in [0.25, 0.3) is 0 Å². The molecule has 0 saturated carbocycles. The third kappa shape index (κ3) is 5.89. The number of thioether (sulfide) groups is 1. The lowest BCUT2D eigenvalue weighted by Crippen LogP contribution is -2.35. The van der Waals surface area contributed by atoms with Gasteiger partial charge in [-0.05, 0) is 34.2 Å². The molecular formula is C12H15IN2O3S. The van der Waals surface area contributed by atoms with Crippen LogP contribution >= 0.6 is 34.4 Å². The minimum absolute atomic E-state index is 0.356. The van der Waals surface area contributed by atoms with Crippen molar-refractivity contribution in [1.82, 2.24) is 0 Å². The van der Waals surface area contributed by atoms with Gasteiger partial charge in [-0.1, -0.05) is 18.2 Å². The number of hydrogen-bond donors (Lipinski definition) is 2. The first-order valence-electron chi connectivity index (χ1n) is 5.53. The SMILES string of the molecule is NOC(=O)CC(=O)[C@@H](N)CSCc1ccccc1I. The Morgan fingerprint density at radius 3 is 2.68 bits per heavy atom. The Hall–Kier alpha value is -0.640. The normalized spacial score (nSPS) is 11.9. The van der Waals surface area contributed by atoms with Crippen LogP contribution in [0.1, 0.15) is 12.0 Å². The first kappa shape index (κ1) is 16.4. The van der Waals surface area contributed by atoms with E-state index in [-0.39, 0.29) is 12.2 Å². The van der Waals surface area contributed by atoms with Crippen molar-refractivity contribution in [3.63, 3.8) is 0 Å². The molecular weight excluding hydrogens is 379 g/mol. The third-order valence-corrected chi connectivity index (χ3v) is 4.54. The van der Waals surface area contributed by atoms with Gasteiger partial charge >= 0.3 is 5.97 Å². The highest BCUT2D eigenvalue weighted by atomic mass is 127. The highest BCUT2D eigenvalue weighted by Gasteiger charge is 2.18. The quantitative estimate of drug-likeness (QED) is 0.410. The number of nitrogens with two attached hydrogens (primary N) is 2. The summed E-state index contributed by atoms with van der Waals surface area (Å²) in [5, 5.41) is 0. The van der Waals surface area contributed by atoms with Crippen molar-refractivity contribution < 1.29 is 14.4 Å². The van der Waals surface area contributed by atoms with E-state index in [2.05, 4.69) is 33.3 Å². The highest BCUT2D eigenvalue weighted by Crippen LogP contribution is 2.18. The number of rotatable bonds is 7. The maximum absolute atomic E-state index is 11.5. The van der Waals surface area contributed by atoms with Crippen LogP contribution in [0.4, 0.5) is 0 Å². The smallest absolute Gasteiger partial charge is 0.331 e. The van der Waals surface area contributed by atoms with E-state index in [9.17, 15) is 9.59 Å². The van der Waals surface area contributed by atoms with Crippen LogP contribution in [0.25, 0.3) is 0 Å². The zero-order valence-electron chi connectivity index (χ0n) is 10.2. The summed E-state index contributed by atoms with van der Waals surface area (Å²) in [7, 11) is 0. The second kappa shape index (κ2) is 8.51. The zero-order chi connectivity index (χ0) is 14.3. The van der Waals surface area contributed by atoms with Crippen LogP contribution in [0.3, 0.4) is 0 Å². The molecule has 104 valence electrons. The fraction of sp³-hybridized carbons (Fsp3) is 0.333. The van der Waals surface area contributed by atoms with Crippen molar-refractivity contribution in [3.8, 4) is 0 Å². The molecule has 1 atom stereocenters. The van der Waals surface area contributed by atoms with Crippen LogP contribution in [0.15, 0.2) is 24.3 Å². The van der Waals surface area contributed by atoms with Crippen LogP contribution in [0.5, 0.6) is 0 Å². The molecule has 1 aromatic rings. The van der Waals surface area contributed by atoms with E-state index in [1.807, 2.05) is 24.3 Å². The van der Waals surface area contributed by atoms with Crippen molar-refractivity contribution in [2.45, 2.75) is 18.2 Å². The molecule has 0 aliphatic carbocycles. The molecule has 5 nitrogen and oxygen atoms in total. The summed E-state index contributed by atoms with van der Waals surface area (Å²) in [5.74, 6) is 4.79. The number of benzene rings is 1. The zero-order valence-corrected chi connectivity index (χ0v) is 13.1. The minimum atomic E-state index is -0.761. The Kier molecular flexibility index (Phi) is 7.36. The van der Waals surface area contributed by atoms with Gasteiger partial charge in [0.2, 0.25) is 0 Å². The first-order valence-corrected chi connectivity index (χ1v) is 7.77. The molecule has 0 saturated heterocycles. The van der Waals surface area contributed by atoms with Gasteiger partial charge in [0.15, 0.2) is 5.78 Å². The van der Waals surface area contributed by atoms with Crippen LogP contribution in [-0.2, 0) is 20.2 Å². The largest absolute Gasteiger partial charge is 0.373 e. The van der Waals surface area contributed by atoms with Crippen molar-refractivity contribution in [3.05, 3.63) is 33.4 Å². The molecule has 0 aliphatic rings. The standard InChI is InChI=1S/C12H15IN2O3S/c13-9-4-2-1-3-8(9)6-19-7-10(14)11(16)5-12(17)18-15/h1-4,10H,5-7,14-15H2/t10-/m0/s1. The Balaban J connectivity index is 2.35. The van der Waals surface area contributed by atoms with E-state index < -0.39 is 12.0 Å². The number of Topliss-reactive ketones (excluding diaryl/α,β-unsaturated/α-hetero) is 1. The molecule has 19 heavy (non-hydrogen) atoms. The number of ketones is 1. The molecule has 0 aliphatic heterocycles. The number of hydrogen-bond acceptors (Lipinski definition) is 6. The average Bonchev–Trinajstić information content (AvgIpc) is 2.40. The van der Waals surface area contributed by atoms with Crippen molar-refractivity contribution in [1.29, 1.82) is 0 Å². The topological polar surface area (TPSA) is 95.4 Å². The van der Waals surface area contributed by atoms with Gasteiger partial charge < -0.3 is 10.6 Å². The maximum atomic E-state index is 11.5. The van der Waals surface area contributed by atoms with E-state index >= 15 is 0 Å². The Morgan fingerprint density at radius 1 is 1.37 bits per heavy atom. The molecule has 1 rings (SSSR count). The molecule has 7 heteroatoms. The summed E-state index contributed by atoms with van der Waals surface area (Å²) in [6.45, 7) is 0. The van der Waals surface area contributed by atoms with Crippen LogP contribution in [0, 0.1) is 3.57 Å². The molecule has 1 aromatic carbocycles. The molecule has 0 aromatic heterocycles. The molecule has 0 unspecified atom stereocenters. The lowest BCUT2D eigenvalue weighted by atomic mass is 10.2. The van der Waals surface area contributed by atoms with Gasteiger partial charge in [-0.25, -0.2) is 4.79 Å². The Labute approximate surface area is 129 Å². The predicted octanol–water partition coefficient (Wildman–Crippen LogP) is 1.23. The molecule has 0 amide bonds. The average molecular weight is 394 g/mol. The summed E-state index contributed by atoms with van der Waals surface area (Å²) in [5.41, 5.74) is 6.90. The van der Waals surface area contributed by atoms with Crippen LogP contribution in [-0.4, -0.2) is 23.5 Å². The Morgan fingerprint density at radius 2 is 2.05 bits per heavy atom. The molecule has 0 heterocycles. The van der Waals surface area contributed by atoms with E-state index in [0.717, 1.165) is 5.75 Å². The van der Waals surface area contributed by atoms with Crippen molar-refractivity contribution in [2.75, 3.05) is 5.75 Å². The lowest BCUT2D eigenvalue weighted by Gasteiger charge is -2.10. The maximum Gasteiger partial charge on any atom is 0.331 e. The van der Waals surface area contributed by atoms with E-state index in [0.29, 0.717) is 5.75 Å². The van der Waals surface area contributed by atoms with Crippen molar-refractivity contribution >= 4 is 46.1 Å². The monoisotopic (exact) mass is 394 g/mol. The van der Waals surface area contributed by atoms with E-state index in [1.165, 1.54) is 9.13 Å². The van der Waals surface area contributed by atoms with E-state index in [4.69, 9.17) is 5.73 Å². The number of carbonyl (C=O) groups is 2. The fourth-order valence-corrected chi connectivity index (χ4v) is 3.19. The summed E-state index contributed by atoms with van der Waals surface area (Å²) in [6.07, 6.45) is -0.374. The van der Waals surface area contributed by atoms with Gasteiger partial charge in [-0.2, -0.15) is 17.7 Å². The summed E-state index contributed by atoms with van der Waals surface area (Å²) in [4.78, 5) is 26.3. The predicted molar refractivity (Wildman–Crippen MR) is 83.2 cm³/mol. The first-order chi connectivity index (χ1) is 9.04. The van der Waals surface area contributed by atoms with Crippen molar-refractivity contribution in [2.24, 2.45) is 11.6 Å². The van der Waals surface area contributed by atoms with Crippen LogP contribution < -0.4 is 11.6 Å². The highest BCUT2D eigenvalue weighted by molar-refractivity contribution is 14.1. The molecule has 4 N–H and O–H groups in total. The van der Waals surface area contributed by atoms with Gasteiger partial charge in [0.1, 0.15) is 6.42 Å². The van der Waals surface area contributed by atoms with E-state index in [1.54, 1.807) is 11.8 Å². The molecule has 0 bridgehead atoms. The van der Waals surface area contributed by atoms with Crippen LogP contribution in [0.2, 0.25) is 0 Å². The Bertz CT molecular complexity index is 456. The third-order valence-electron chi connectivity index (χ3n) is 2.38. The summed E-state index contributed by atoms with van der Waals surface area (Å²) >= 11 is 3.82. The summed E-state index contributed by atoms with van der Waals surface area (Å²) in [6, 6.07) is 7.34. The minimum Gasteiger partial charge on any atom is -0.373 e. The van der Waals surface area contributed by atoms with Gasteiger partial charge in [-0.15, -0.1) is 0 Å². The molecule has 0 fully saturated rings. The molecule has 0 radical (unpaired) electrons. The van der Waals surface area contributed by atoms with Gasteiger partial charge in [0.05, 0.1) is 6.04 Å². The summed E-state index contributed by atoms with van der Waals surface area (Å²) < 4.78 is 1.18. The lowest BCUT2D eigenvalue weighted by molar-refractivity contribution is -0.146.